The minimum absolute atomic E-state index is 0.0456. The molecular weight excluding hydrogens is 304 g/mol. The molecule has 1 rings (SSSR count). The van der Waals surface area contributed by atoms with Crippen molar-refractivity contribution in [1.82, 2.24) is 0 Å². The second kappa shape index (κ2) is 6.21. The molecule has 0 heterocycles. The lowest BCUT2D eigenvalue weighted by molar-refractivity contribution is 0.0522. The van der Waals surface area contributed by atoms with Crippen LogP contribution >= 0.6 is 28.6 Å². The molecule has 0 radical (unpaired) electrons. The topological polar surface area (TPSA) is 43.4 Å². The van der Waals surface area contributed by atoms with Crippen LogP contribution < -0.4 is 0 Å². The molecule has 1 atom stereocenters. The highest BCUT2D eigenvalue weighted by Crippen LogP contribution is 2.19. The van der Waals surface area contributed by atoms with Crippen molar-refractivity contribution in [3.63, 3.8) is 0 Å². The molecule has 0 N–H and O–H groups in total. The van der Waals surface area contributed by atoms with Crippen molar-refractivity contribution in [2.45, 2.75) is 23.6 Å². The molecule has 1 aromatic rings. The number of ether oxygens (including phenoxy) is 1. The second-order valence-electron chi connectivity index (χ2n) is 3.43. The average Bonchev–Trinajstić information content (AvgIpc) is 2.27. The Bertz CT molecular complexity index is 443. The second-order valence-corrected chi connectivity index (χ2v) is 5.29. The van der Waals surface area contributed by atoms with Crippen LogP contribution in [0.2, 0.25) is 0 Å². The van der Waals surface area contributed by atoms with Gasteiger partial charge >= 0.3 is 5.97 Å². The number of carbonyl (C=O) groups excluding carboxylic acids is 2. The van der Waals surface area contributed by atoms with E-state index in [1.165, 1.54) is 0 Å². The summed E-state index contributed by atoms with van der Waals surface area (Å²) >= 11 is 7.40. The zero-order valence-corrected chi connectivity index (χ0v) is 12.0. The van der Waals surface area contributed by atoms with Crippen molar-refractivity contribution in [2.75, 3.05) is 6.61 Å². The first-order valence-electron chi connectivity index (χ1n) is 5.15. The molecule has 0 aliphatic heterocycles. The number of hydrogen-bond acceptors (Lipinski definition) is 4. The fraction of sp³-hybridized carbons (Fsp3) is 0.333. The maximum atomic E-state index is 11.7. The van der Waals surface area contributed by atoms with Gasteiger partial charge in [0.1, 0.15) is 0 Å². The van der Waals surface area contributed by atoms with Crippen LogP contribution in [0.25, 0.3) is 0 Å². The Kier molecular flexibility index (Phi) is 5.21. The maximum absolute atomic E-state index is 11.7. The molecule has 1 aromatic carbocycles. The summed E-state index contributed by atoms with van der Waals surface area (Å²) in [6, 6.07) is 4.74. The molecule has 0 aliphatic rings. The lowest BCUT2D eigenvalue weighted by atomic mass is 10.1. The summed E-state index contributed by atoms with van der Waals surface area (Å²) in [6.45, 7) is 3.80. The number of hydrogen-bond donors (Lipinski definition) is 1. The van der Waals surface area contributed by atoms with Crippen LogP contribution in [-0.2, 0) is 4.74 Å². The van der Waals surface area contributed by atoms with Crippen molar-refractivity contribution < 1.29 is 14.3 Å². The minimum atomic E-state index is -0.427. The largest absolute Gasteiger partial charge is 0.462 e. The van der Waals surface area contributed by atoms with Gasteiger partial charge in [-0.25, -0.2) is 4.79 Å². The zero-order chi connectivity index (χ0) is 13.0. The van der Waals surface area contributed by atoms with Gasteiger partial charge in [-0.15, -0.1) is 12.6 Å². The molecule has 0 aliphatic carbocycles. The standard InChI is InChI=1S/C12H13BrO3S/c1-3-16-12(15)9-5-4-8(6-10(9)17)11(14)7(2)13/h4-7,17H,3H2,1-2H3. The van der Waals surface area contributed by atoms with Crippen molar-refractivity contribution >= 4 is 40.3 Å². The van der Waals surface area contributed by atoms with Gasteiger partial charge in [-0.2, -0.15) is 0 Å². The number of rotatable bonds is 4. The molecule has 0 spiro atoms. The summed E-state index contributed by atoms with van der Waals surface area (Å²) in [5, 5.41) is 0. The lowest BCUT2D eigenvalue weighted by Gasteiger charge is -2.07. The molecule has 1 unspecified atom stereocenters. The monoisotopic (exact) mass is 316 g/mol. The molecule has 0 amide bonds. The highest BCUT2D eigenvalue weighted by molar-refractivity contribution is 9.10. The summed E-state index contributed by atoms with van der Waals surface area (Å²) < 4.78 is 4.87. The number of benzene rings is 1. The summed E-state index contributed by atoms with van der Waals surface area (Å²) in [4.78, 5) is 23.4. The first-order valence-corrected chi connectivity index (χ1v) is 6.52. The van der Waals surface area contributed by atoms with Crippen LogP contribution in [0.5, 0.6) is 0 Å². The van der Waals surface area contributed by atoms with Gasteiger partial charge in [0.15, 0.2) is 5.78 Å². The van der Waals surface area contributed by atoms with Crippen LogP contribution in [-0.4, -0.2) is 23.2 Å². The number of thiol groups is 1. The SMILES string of the molecule is CCOC(=O)c1ccc(C(=O)C(C)Br)cc1S. The smallest absolute Gasteiger partial charge is 0.339 e. The third-order valence-electron chi connectivity index (χ3n) is 2.14. The number of esters is 1. The quantitative estimate of drug-likeness (QED) is 0.402. The molecule has 0 saturated carbocycles. The van der Waals surface area contributed by atoms with E-state index in [1.807, 2.05) is 0 Å². The van der Waals surface area contributed by atoms with Gasteiger partial charge in [0.05, 0.1) is 17.0 Å². The van der Waals surface area contributed by atoms with E-state index in [-0.39, 0.29) is 10.6 Å². The molecule has 3 nitrogen and oxygen atoms in total. The van der Waals surface area contributed by atoms with E-state index in [0.29, 0.717) is 22.6 Å². The highest BCUT2D eigenvalue weighted by Gasteiger charge is 2.16. The Morgan fingerprint density at radius 1 is 1.47 bits per heavy atom. The van der Waals surface area contributed by atoms with E-state index >= 15 is 0 Å². The molecule has 0 saturated heterocycles. The Morgan fingerprint density at radius 2 is 2.12 bits per heavy atom. The van der Waals surface area contributed by atoms with E-state index in [0.717, 1.165) is 0 Å². The van der Waals surface area contributed by atoms with Crippen LogP contribution in [0.1, 0.15) is 34.6 Å². The fourth-order valence-electron chi connectivity index (χ4n) is 1.30. The van der Waals surface area contributed by atoms with Crippen LogP contribution in [0, 0.1) is 0 Å². The number of halogens is 1. The minimum Gasteiger partial charge on any atom is -0.462 e. The molecule has 17 heavy (non-hydrogen) atoms. The predicted octanol–water partition coefficient (Wildman–Crippen LogP) is 3.12. The third kappa shape index (κ3) is 3.57. The first-order chi connectivity index (χ1) is 7.97. The zero-order valence-electron chi connectivity index (χ0n) is 9.57. The number of ketones is 1. The lowest BCUT2D eigenvalue weighted by Crippen LogP contribution is -2.11. The molecule has 92 valence electrons. The molecule has 5 heteroatoms. The third-order valence-corrected chi connectivity index (χ3v) is 2.92. The van der Waals surface area contributed by atoms with Gasteiger partial charge in [-0.1, -0.05) is 22.0 Å². The molecular formula is C12H13BrO3S. The number of alkyl halides is 1. The van der Waals surface area contributed by atoms with E-state index < -0.39 is 5.97 Å². The van der Waals surface area contributed by atoms with Gasteiger partial charge in [0, 0.05) is 10.5 Å². The summed E-state index contributed by atoms with van der Waals surface area (Å²) in [6.07, 6.45) is 0. The van der Waals surface area contributed by atoms with Gasteiger partial charge < -0.3 is 4.74 Å². The Morgan fingerprint density at radius 3 is 2.59 bits per heavy atom. The normalized spacial score (nSPS) is 12.0. The van der Waals surface area contributed by atoms with Crippen molar-refractivity contribution in [1.29, 1.82) is 0 Å². The van der Waals surface area contributed by atoms with E-state index in [2.05, 4.69) is 28.6 Å². The van der Waals surface area contributed by atoms with E-state index in [1.54, 1.807) is 32.0 Å². The van der Waals surface area contributed by atoms with Gasteiger partial charge in [-0.3, -0.25) is 4.79 Å². The van der Waals surface area contributed by atoms with E-state index in [9.17, 15) is 9.59 Å². The van der Waals surface area contributed by atoms with Crippen LogP contribution in [0.3, 0.4) is 0 Å². The summed E-state index contributed by atoms with van der Waals surface area (Å²) in [5.41, 5.74) is 0.890. The van der Waals surface area contributed by atoms with Crippen molar-refractivity contribution in [3.05, 3.63) is 29.3 Å². The molecule has 0 aromatic heterocycles. The first kappa shape index (κ1) is 14.3. The number of carbonyl (C=O) groups is 2. The van der Waals surface area contributed by atoms with Gasteiger partial charge in [-0.05, 0) is 26.0 Å². The average molecular weight is 317 g/mol. The Balaban J connectivity index is 3.02. The Hall–Kier alpha value is -0.810. The van der Waals surface area contributed by atoms with E-state index in [4.69, 9.17) is 4.74 Å². The molecule has 0 fully saturated rings. The summed E-state index contributed by atoms with van der Waals surface area (Å²) in [5.74, 6) is -0.473. The number of Topliss-reactive ketones (excluding diaryl/α,β-unsaturated/α-hetero) is 1. The van der Waals surface area contributed by atoms with Gasteiger partial charge in [0.2, 0.25) is 0 Å². The van der Waals surface area contributed by atoms with Gasteiger partial charge in [0.25, 0.3) is 0 Å². The molecule has 0 bridgehead atoms. The Labute approximate surface area is 114 Å². The van der Waals surface area contributed by atoms with Crippen molar-refractivity contribution in [3.8, 4) is 0 Å². The van der Waals surface area contributed by atoms with Crippen LogP contribution in [0.4, 0.5) is 0 Å². The fourth-order valence-corrected chi connectivity index (χ4v) is 1.87. The highest BCUT2D eigenvalue weighted by atomic mass is 79.9. The van der Waals surface area contributed by atoms with Crippen molar-refractivity contribution in [2.24, 2.45) is 0 Å². The predicted molar refractivity (Wildman–Crippen MR) is 72.4 cm³/mol. The maximum Gasteiger partial charge on any atom is 0.339 e. The summed E-state index contributed by atoms with van der Waals surface area (Å²) in [7, 11) is 0. The van der Waals surface area contributed by atoms with Crippen LogP contribution in [0.15, 0.2) is 23.1 Å².